The highest BCUT2D eigenvalue weighted by molar-refractivity contribution is 7.21. The Morgan fingerprint density at radius 3 is 1.77 bits per heavy atom. The van der Waals surface area contributed by atoms with Crippen molar-refractivity contribution in [1.82, 2.24) is 34.6 Å². The van der Waals surface area contributed by atoms with E-state index in [0.29, 0.717) is 22.5 Å². The highest BCUT2D eigenvalue weighted by Crippen LogP contribution is 2.41. The van der Waals surface area contributed by atoms with E-state index in [-0.39, 0.29) is 11.8 Å². The SMILES string of the molecule is COCCN1CCN(Cc2cnc3sc(-c4ccccc4NC(=O)c4cccc(-c5cccc(-c6c(CN7CCCC7)cnc7sc(-c8ccccc8NC(=O)c8cccc(-c9ccccc9)c8)nc67)c5)c4)nc3c2)CC1. The first-order valence-corrected chi connectivity index (χ1v) is 27.9. The van der Waals surface area contributed by atoms with Gasteiger partial charge in [-0.2, -0.15) is 0 Å². The number of likely N-dealkylation sites (tertiary alicyclic amines) is 1. The Kier molecular flexibility index (Phi) is 14.8. The molecule has 6 aromatic carbocycles. The number of pyridine rings is 2. The van der Waals surface area contributed by atoms with Gasteiger partial charge in [0.2, 0.25) is 0 Å². The number of hydrogen-bond acceptors (Lipinski definition) is 12. The lowest BCUT2D eigenvalue weighted by Crippen LogP contribution is -2.46. The summed E-state index contributed by atoms with van der Waals surface area (Å²) in [5.74, 6) is -0.410. The fourth-order valence-electron chi connectivity index (χ4n) is 10.5. The molecule has 2 fully saturated rings. The molecule has 2 N–H and O–H groups in total. The summed E-state index contributed by atoms with van der Waals surface area (Å²) in [5.41, 5.74) is 14.0. The molecule has 2 aliphatic rings. The monoisotopic (exact) mass is 1050 g/mol. The maximum absolute atomic E-state index is 14.2. The number of methoxy groups -OCH3 is 1. The van der Waals surface area contributed by atoms with Crippen molar-refractivity contribution in [3.63, 3.8) is 0 Å². The van der Waals surface area contributed by atoms with Gasteiger partial charge in [-0.05, 0) is 126 Å². The van der Waals surface area contributed by atoms with Crippen molar-refractivity contribution in [2.75, 3.05) is 70.2 Å². The van der Waals surface area contributed by atoms with Crippen LogP contribution in [0.5, 0.6) is 0 Å². The van der Waals surface area contributed by atoms with Crippen LogP contribution in [0.1, 0.15) is 44.7 Å². The number of carbonyl (C=O) groups is 2. The molecule has 10 aromatic rings. The summed E-state index contributed by atoms with van der Waals surface area (Å²) in [7, 11) is 1.75. The minimum atomic E-state index is -0.213. The first kappa shape index (κ1) is 50.0. The Morgan fingerprint density at radius 2 is 1.08 bits per heavy atom. The first-order chi connectivity index (χ1) is 37.9. The van der Waals surface area contributed by atoms with Crippen molar-refractivity contribution in [2.24, 2.45) is 0 Å². The van der Waals surface area contributed by atoms with Crippen molar-refractivity contribution < 1.29 is 14.3 Å². The zero-order valence-electron chi connectivity index (χ0n) is 42.8. The molecule has 0 radical (unpaired) electrons. The molecule has 2 saturated heterocycles. The molecule has 77 heavy (non-hydrogen) atoms. The number of ether oxygens (including phenoxy) is 1. The van der Waals surface area contributed by atoms with Gasteiger partial charge in [0, 0.05) is 93.1 Å². The van der Waals surface area contributed by atoms with Crippen molar-refractivity contribution in [2.45, 2.75) is 25.9 Å². The summed E-state index contributed by atoms with van der Waals surface area (Å²) in [6.07, 6.45) is 6.33. The molecule has 0 bridgehead atoms. The lowest BCUT2D eigenvalue weighted by molar-refractivity contribution is 0.0938. The molecule has 2 amide bonds. The second-order valence-corrected chi connectivity index (χ2v) is 21.7. The number of thiazole rings is 2. The van der Waals surface area contributed by atoms with Gasteiger partial charge in [-0.15, -0.1) is 0 Å². The number of amides is 2. The topological polar surface area (TPSA) is 129 Å². The maximum atomic E-state index is 14.2. The number of benzene rings is 6. The van der Waals surface area contributed by atoms with Gasteiger partial charge in [0.1, 0.15) is 30.7 Å². The standard InChI is InChI=1S/C63H57N9O3S2/c1-75-33-32-70-28-30-72(31-29-70)40-42-34-55-62(64-38-42)76-60(68-55)51-22-5-7-24-53(51)66-59(74)49-21-13-18-46(37-49)45-17-11-19-47(35-45)56-50(41-71-26-9-10-27-71)39-65-63-57(56)69-61(77-63)52-23-6-8-25-54(52)67-58(73)48-20-12-16-44(36-48)43-14-3-2-4-15-43/h2-8,11-25,34-39H,9-10,26-33,40-41H2,1H3,(H,66,74)(H,67,73). The molecule has 14 heteroatoms. The summed E-state index contributed by atoms with van der Waals surface area (Å²) >= 11 is 3.05. The Bertz CT molecular complexity index is 3750. The molecule has 12 nitrogen and oxygen atoms in total. The number of hydrogen-bond donors (Lipinski definition) is 2. The van der Waals surface area contributed by atoms with E-state index in [1.165, 1.54) is 35.5 Å². The van der Waals surface area contributed by atoms with Gasteiger partial charge in [0.25, 0.3) is 11.8 Å². The predicted octanol–water partition coefficient (Wildman–Crippen LogP) is 12.9. The van der Waals surface area contributed by atoms with Crippen LogP contribution < -0.4 is 10.6 Å². The number of anilines is 2. The fourth-order valence-corrected chi connectivity index (χ4v) is 12.4. The Hall–Kier alpha value is -7.82. The number of rotatable bonds is 16. The van der Waals surface area contributed by atoms with Crippen LogP contribution in [-0.4, -0.2) is 106 Å². The van der Waals surface area contributed by atoms with Crippen LogP contribution in [0.25, 0.3) is 75.2 Å². The van der Waals surface area contributed by atoms with Gasteiger partial charge >= 0.3 is 0 Å². The van der Waals surface area contributed by atoms with E-state index < -0.39 is 0 Å². The molecule has 12 rings (SSSR count). The van der Waals surface area contributed by atoms with Crippen LogP contribution >= 0.6 is 22.7 Å². The third-order valence-electron chi connectivity index (χ3n) is 14.5. The maximum Gasteiger partial charge on any atom is 0.255 e. The van der Waals surface area contributed by atoms with Gasteiger partial charge in [0.15, 0.2) is 0 Å². The van der Waals surface area contributed by atoms with Crippen LogP contribution in [0.2, 0.25) is 0 Å². The number of para-hydroxylation sites is 2. The summed E-state index contributed by atoms with van der Waals surface area (Å²) in [6.45, 7) is 9.44. The van der Waals surface area contributed by atoms with Gasteiger partial charge in [-0.25, -0.2) is 19.9 Å². The molecule has 0 atom stereocenters. The Morgan fingerprint density at radius 1 is 0.532 bits per heavy atom. The molecule has 4 aromatic heterocycles. The lowest BCUT2D eigenvalue weighted by Gasteiger charge is -2.34. The van der Waals surface area contributed by atoms with Gasteiger partial charge in [0.05, 0.1) is 18.0 Å². The van der Waals surface area contributed by atoms with Gasteiger partial charge < -0.3 is 15.4 Å². The number of fused-ring (bicyclic) bond motifs is 2. The Labute approximate surface area is 456 Å². The van der Waals surface area contributed by atoms with Crippen molar-refractivity contribution >= 4 is 66.6 Å². The summed E-state index contributed by atoms with van der Waals surface area (Å²) < 4.78 is 5.28. The molecule has 0 unspecified atom stereocenters. The molecular formula is C63H57N9O3S2. The van der Waals surface area contributed by atoms with Crippen molar-refractivity contribution in [3.8, 4) is 54.5 Å². The van der Waals surface area contributed by atoms with E-state index in [2.05, 4.69) is 55.7 Å². The molecule has 6 heterocycles. The number of carbonyl (C=O) groups excluding carboxylic acids is 2. The normalized spacial score (nSPS) is 14.4. The minimum absolute atomic E-state index is 0.197. The van der Waals surface area contributed by atoms with Crippen LogP contribution in [0.3, 0.4) is 0 Å². The zero-order valence-corrected chi connectivity index (χ0v) is 44.5. The van der Waals surface area contributed by atoms with Crippen LogP contribution in [0.4, 0.5) is 11.4 Å². The molecule has 0 saturated carbocycles. The summed E-state index contributed by atoms with van der Waals surface area (Å²) in [6, 6.07) is 51.9. The molecule has 0 spiro atoms. The average molecular weight is 1050 g/mol. The molecule has 0 aliphatic carbocycles. The van der Waals surface area contributed by atoms with E-state index in [1.807, 2.05) is 140 Å². The quantitative estimate of drug-likeness (QED) is 0.0965. The molecular weight excluding hydrogens is 995 g/mol. The summed E-state index contributed by atoms with van der Waals surface area (Å²) in [5, 5.41) is 7.99. The number of piperazine rings is 1. The third-order valence-corrected chi connectivity index (χ3v) is 16.5. The van der Waals surface area contributed by atoms with Crippen LogP contribution in [0.15, 0.2) is 170 Å². The van der Waals surface area contributed by atoms with Crippen LogP contribution in [-0.2, 0) is 17.8 Å². The van der Waals surface area contributed by atoms with E-state index in [0.717, 1.165) is 152 Å². The van der Waals surface area contributed by atoms with Gasteiger partial charge in [-0.1, -0.05) is 120 Å². The number of nitrogens with zero attached hydrogens (tertiary/aromatic N) is 7. The molecule has 2 aliphatic heterocycles. The second-order valence-electron chi connectivity index (χ2n) is 19.7. The van der Waals surface area contributed by atoms with E-state index >= 15 is 0 Å². The predicted molar refractivity (Wildman–Crippen MR) is 312 cm³/mol. The number of aromatic nitrogens is 4. The second kappa shape index (κ2) is 22.8. The van der Waals surface area contributed by atoms with E-state index in [9.17, 15) is 9.59 Å². The lowest BCUT2D eigenvalue weighted by atomic mass is 9.95. The number of nitrogens with one attached hydrogen (secondary N) is 2. The zero-order chi connectivity index (χ0) is 52.1. The average Bonchev–Trinajstić information content (AvgIpc) is 4.28. The third kappa shape index (κ3) is 11.2. The summed E-state index contributed by atoms with van der Waals surface area (Å²) in [4.78, 5) is 57.5. The highest BCUT2D eigenvalue weighted by atomic mass is 32.1. The van der Waals surface area contributed by atoms with Crippen LogP contribution in [0, 0.1) is 0 Å². The van der Waals surface area contributed by atoms with Crippen molar-refractivity contribution in [1.29, 1.82) is 0 Å². The largest absolute Gasteiger partial charge is 0.383 e. The smallest absolute Gasteiger partial charge is 0.255 e. The Balaban J connectivity index is 0.799. The fraction of sp³-hybridized carbons (Fsp3) is 0.206. The first-order valence-electron chi connectivity index (χ1n) is 26.3. The molecule has 384 valence electrons. The minimum Gasteiger partial charge on any atom is -0.383 e. The highest BCUT2D eigenvalue weighted by Gasteiger charge is 2.23. The van der Waals surface area contributed by atoms with E-state index in [1.54, 1.807) is 7.11 Å². The van der Waals surface area contributed by atoms with E-state index in [4.69, 9.17) is 24.7 Å². The van der Waals surface area contributed by atoms with Gasteiger partial charge in [-0.3, -0.25) is 24.3 Å². The van der Waals surface area contributed by atoms with Crippen molar-refractivity contribution in [3.05, 3.63) is 192 Å².